The SMILES string of the molecule is CCCC/C=C/CCCCCC1NC=C[N+]1(CC)C(C)NC(C)=O. The molecule has 0 aromatic rings. The molecule has 0 fully saturated rings. The summed E-state index contributed by atoms with van der Waals surface area (Å²) in [6, 6.07) is 0. The Morgan fingerprint density at radius 3 is 2.54 bits per heavy atom. The van der Waals surface area contributed by atoms with Gasteiger partial charge < -0.3 is 10.6 Å². The summed E-state index contributed by atoms with van der Waals surface area (Å²) in [4.78, 5) is 11.4. The Balaban J connectivity index is 2.33. The Labute approximate surface area is 149 Å². The van der Waals surface area contributed by atoms with E-state index in [0.717, 1.165) is 17.4 Å². The summed E-state index contributed by atoms with van der Waals surface area (Å²) in [5.74, 6) is 0.0439. The topological polar surface area (TPSA) is 41.1 Å². The number of hydrogen-bond acceptors (Lipinski definition) is 2. The quantitative estimate of drug-likeness (QED) is 0.315. The third-order valence-electron chi connectivity index (χ3n) is 5.14. The average molecular weight is 337 g/mol. The van der Waals surface area contributed by atoms with Gasteiger partial charge in [-0.1, -0.05) is 38.3 Å². The second kappa shape index (κ2) is 11.3. The molecule has 0 radical (unpaired) electrons. The van der Waals surface area contributed by atoms with E-state index in [4.69, 9.17) is 0 Å². The maximum Gasteiger partial charge on any atom is 0.221 e. The fraction of sp³-hybridized carbons (Fsp3) is 0.750. The van der Waals surface area contributed by atoms with Crippen molar-refractivity contribution < 1.29 is 9.28 Å². The van der Waals surface area contributed by atoms with E-state index >= 15 is 0 Å². The van der Waals surface area contributed by atoms with Crippen LogP contribution in [0.5, 0.6) is 0 Å². The molecule has 1 rings (SSSR count). The van der Waals surface area contributed by atoms with Crippen LogP contribution in [-0.2, 0) is 4.79 Å². The number of carbonyl (C=O) groups is 1. The predicted molar refractivity (Wildman–Crippen MR) is 102 cm³/mol. The van der Waals surface area contributed by atoms with Gasteiger partial charge in [0.25, 0.3) is 0 Å². The van der Waals surface area contributed by atoms with Crippen molar-refractivity contribution in [2.24, 2.45) is 0 Å². The van der Waals surface area contributed by atoms with Gasteiger partial charge in [-0.2, -0.15) is 0 Å². The Morgan fingerprint density at radius 2 is 1.92 bits per heavy atom. The number of allylic oxidation sites excluding steroid dienone is 2. The summed E-state index contributed by atoms with van der Waals surface area (Å²) < 4.78 is 0.802. The molecule has 1 amide bonds. The third-order valence-corrected chi connectivity index (χ3v) is 5.14. The lowest BCUT2D eigenvalue weighted by Gasteiger charge is -2.41. The zero-order valence-corrected chi connectivity index (χ0v) is 16.2. The van der Waals surface area contributed by atoms with Gasteiger partial charge in [-0.15, -0.1) is 0 Å². The highest BCUT2D eigenvalue weighted by Crippen LogP contribution is 2.26. The van der Waals surface area contributed by atoms with Crippen molar-refractivity contribution in [3.63, 3.8) is 0 Å². The minimum absolute atomic E-state index is 0.0439. The number of unbranched alkanes of at least 4 members (excludes halogenated alkanes) is 5. The van der Waals surface area contributed by atoms with E-state index in [-0.39, 0.29) is 12.1 Å². The molecule has 2 N–H and O–H groups in total. The van der Waals surface area contributed by atoms with Crippen LogP contribution in [0.1, 0.15) is 79.1 Å². The smallest absolute Gasteiger partial charge is 0.221 e. The molecule has 1 heterocycles. The van der Waals surface area contributed by atoms with Gasteiger partial charge in [0.15, 0.2) is 12.3 Å². The molecule has 3 atom stereocenters. The Hall–Kier alpha value is -1.29. The molecule has 24 heavy (non-hydrogen) atoms. The minimum Gasteiger partial charge on any atom is -0.338 e. The number of carbonyl (C=O) groups excluding carboxylic acids is 1. The summed E-state index contributed by atoms with van der Waals surface area (Å²) in [6.07, 6.45) is 19.4. The molecule has 0 bridgehead atoms. The molecule has 0 saturated carbocycles. The Bertz CT molecular complexity index is 419. The molecule has 0 aliphatic carbocycles. The molecule has 138 valence electrons. The van der Waals surface area contributed by atoms with Gasteiger partial charge in [0.05, 0.1) is 12.7 Å². The van der Waals surface area contributed by atoms with E-state index in [1.807, 2.05) is 0 Å². The molecule has 0 aromatic heterocycles. The lowest BCUT2D eigenvalue weighted by Crippen LogP contribution is -2.62. The molecule has 4 heteroatoms. The van der Waals surface area contributed by atoms with Gasteiger partial charge in [-0.05, 0) is 32.6 Å². The van der Waals surface area contributed by atoms with Crippen LogP contribution in [0.2, 0.25) is 0 Å². The van der Waals surface area contributed by atoms with Gasteiger partial charge >= 0.3 is 0 Å². The molecule has 1 aliphatic rings. The molecular weight excluding hydrogens is 298 g/mol. The van der Waals surface area contributed by atoms with Crippen LogP contribution in [0.4, 0.5) is 0 Å². The number of nitrogens with zero attached hydrogens (tertiary/aromatic N) is 1. The van der Waals surface area contributed by atoms with E-state index in [2.05, 4.69) is 56.0 Å². The molecule has 3 unspecified atom stereocenters. The van der Waals surface area contributed by atoms with E-state index < -0.39 is 0 Å². The summed E-state index contributed by atoms with van der Waals surface area (Å²) >= 11 is 0. The summed E-state index contributed by atoms with van der Waals surface area (Å²) in [5.41, 5.74) is 0. The van der Waals surface area contributed by atoms with Gasteiger partial charge in [0, 0.05) is 20.3 Å². The van der Waals surface area contributed by atoms with Gasteiger partial charge in [0.1, 0.15) is 6.20 Å². The van der Waals surface area contributed by atoms with Crippen molar-refractivity contribution in [2.75, 3.05) is 6.54 Å². The Morgan fingerprint density at radius 1 is 1.21 bits per heavy atom. The number of quaternary nitrogens is 1. The second-order valence-electron chi connectivity index (χ2n) is 6.94. The number of amides is 1. The normalized spacial score (nSPS) is 24.2. The summed E-state index contributed by atoms with van der Waals surface area (Å²) in [6.45, 7) is 9.12. The number of nitrogens with one attached hydrogen (secondary N) is 2. The van der Waals surface area contributed by atoms with Gasteiger partial charge in [-0.3, -0.25) is 9.28 Å². The molecule has 0 spiro atoms. The van der Waals surface area contributed by atoms with Crippen LogP contribution in [0.15, 0.2) is 24.6 Å². The largest absolute Gasteiger partial charge is 0.338 e. The minimum atomic E-state index is 0.0439. The first-order valence-corrected chi connectivity index (χ1v) is 9.79. The molecule has 4 nitrogen and oxygen atoms in total. The van der Waals surface area contributed by atoms with Crippen LogP contribution in [0.25, 0.3) is 0 Å². The Kier molecular flexibility index (Phi) is 9.77. The van der Waals surface area contributed by atoms with Crippen molar-refractivity contribution in [1.82, 2.24) is 10.6 Å². The predicted octanol–water partition coefficient (Wildman–Crippen LogP) is 4.40. The molecular formula is C20H38N3O+. The summed E-state index contributed by atoms with van der Waals surface area (Å²) in [7, 11) is 0. The van der Waals surface area contributed by atoms with Crippen molar-refractivity contribution in [3.05, 3.63) is 24.6 Å². The highest BCUT2D eigenvalue weighted by atomic mass is 16.1. The van der Waals surface area contributed by atoms with Gasteiger partial charge in [-0.25, -0.2) is 0 Å². The second-order valence-corrected chi connectivity index (χ2v) is 6.94. The van der Waals surface area contributed by atoms with Crippen molar-refractivity contribution >= 4 is 5.91 Å². The highest BCUT2D eigenvalue weighted by Gasteiger charge is 2.41. The zero-order chi connectivity index (χ0) is 17.8. The average Bonchev–Trinajstić information content (AvgIpc) is 2.97. The maximum atomic E-state index is 11.4. The van der Waals surface area contributed by atoms with Crippen molar-refractivity contribution in [3.8, 4) is 0 Å². The molecule has 0 aromatic carbocycles. The molecule has 1 aliphatic heterocycles. The first-order valence-electron chi connectivity index (χ1n) is 9.79. The first-order chi connectivity index (χ1) is 11.6. The van der Waals surface area contributed by atoms with E-state index in [0.29, 0.717) is 6.17 Å². The molecule has 0 saturated heterocycles. The van der Waals surface area contributed by atoms with Crippen LogP contribution >= 0.6 is 0 Å². The van der Waals surface area contributed by atoms with E-state index in [9.17, 15) is 4.79 Å². The van der Waals surface area contributed by atoms with Crippen LogP contribution in [-0.4, -0.2) is 29.3 Å². The number of hydrogen-bond donors (Lipinski definition) is 2. The lowest BCUT2D eigenvalue weighted by atomic mass is 10.1. The van der Waals surface area contributed by atoms with E-state index in [1.54, 1.807) is 6.92 Å². The first kappa shape index (κ1) is 20.8. The van der Waals surface area contributed by atoms with Crippen LogP contribution in [0, 0.1) is 0 Å². The fourth-order valence-corrected chi connectivity index (χ4v) is 3.61. The summed E-state index contributed by atoms with van der Waals surface area (Å²) in [5, 5.41) is 6.58. The van der Waals surface area contributed by atoms with Crippen molar-refractivity contribution in [1.29, 1.82) is 0 Å². The monoisotopic (exact) mass is 336 g/mol. The van der Waals surface area contributed by atoms with E-state index in [1.165, 1.54) is 44.9 Å². The standard InChI is InChI=1S/C20H37N3O/c1-5-7-8-9-10-11-12-13-14-15-20-21-16-17-23(20,6-2)18(3)22-19(4)24/h9-10,16-18,20-21H,5-8,11-15H2,1-4H3/p+1/b10-9+. The third kappa shape index (κ3) is 6.31. The highest BCUT2D eigenvalue weighted by molar-refractivity contribution is 5.72. The van der Waals surface area contributed by atoms with Gasteiger partial charge in [0.2, 0.25) is 5.91 Å². The van der Waals surface area contributed by atoms with Crippen molar-refractivity contribution in [2.45, 2.75) is 91.4 Å². The zero-order valence-electron chi connectivity index (χ0n) is 16.2. The lowest BCUT2D eigenvalue weighted by molar-refractivity contribution is -0.923. The number of rotatable bonds is 12. The fourth-order valence-electron chi connectivity index (χ4n) is 3.61. The maximum absolute atomic E-state index is 11.4. The van der Waals surface area contributed by atoms with Crippen LogP contribution in [0.3, 0.4) is 0 Å². The van der Waals surface area contributed by atoms with Crippen LogP contribution < -0.4 is 10.6 Å².